The van der Waals surface area contributed by atoms with Gasteiger partial charge in [0.2, 0.25) is 0 Å². The first-order chi connectivity index (χ1) is 12.5. The van der Waals surface area contributed by atoms with Crippen molar-refractivity contribution in [3.05, 3.63) is 59.2 Å². The number of carbonyl (C=O) groups is 3. The van der Waals surface area contributed by atoms with E-state index in [1.54, 1.807) is 18.2 Å². The van der Waals surface area contributed by atoms with E-state index < -0.39 is 17.9 Å². The van der Waals surface area contributed by atoms with Gasteiger partial charge in [0.05, 0.1) is 0 Å². The number of aryl methyl sites for hydroxylation is 1. The van der Waals surface area contributed by atoms with Crippen LogP contribution < -0.4 is 5.32 Å². The molecule has 2 aromatic rings. The van der Waals surface area contributed by atoms with E-state index in [0.29, 0.717) is 28.9 Å². The number of rotatable bonds is 8. The largest absolute Gasteiger partial charge is 0.480 e. The summed E-state index contributed by atoms with van der Waals surface area (Å²) in [6.07, 6.45) is 2.95. The molecule has 0 bridgehead atoms. The van der Waals surface area contributed by atoms with Crippen molar-refractivity contribution in [2.45, 2.75) is 19.4 Å². The maximum Gasteiger partial charge on any atom is 0.326 e. The molecule has 0 radical (unpaired) electrons. The van der Waals surface area contributed by atoms with Gasteiger partial charge >= 0.3 is 5.97 Å². The monoisotopic (exact) mass is 371 g/mol. The molecule has 0 aliphatic heterocycles. The van der Waals surface area contributed by atoms with Crippen molar-refractivity contribution in [1.29, 1.82) is 0 Å². The number of carboxylic acids is 1. The number of hydrogen-bond donors (Lipinski definition) is 2. The van der Waals surface area contributed by atoms with Crippen molar-refractivity contribution < 1.29 is 19.5 Å². The van der Waals surface area contributed by atoms with Crippen LogP contribution in [0, 0.1) is 6.92 Å². The minimum atomic E-state index is -1.06. The zero-order valence-corrected chi connectivity index (χ0v) is 15.5. The van der Waals surface area contributed by atoms with E-state index >= 15 is 0 Å². The molecule has 0 aliphatic rings. The summed E-state index contributed by atoms with van der Waals surface area (Å²) in [6, 6.07) is 11.4. The van der Waals surface area contributed by atoms with Crippen molar-refractivity contribution in [2.24, 2.45) is 0 Å². The highest BCUT2D eigenvalue weighted by atomic mass is 32.2. The lowest BCUT2D eigenvalue weighted by molar-refractivity contribution is -0.139. The molecule has 0 saturated heterocycles. The number of amides is 1. The lowest BCUT2D eigenvalue weighted by atomic mass is 9.94. The van der Waals surface area contributed by atoms with Gasteiger partial charge in [0.1, 0.15) is 12.3 Å². The van der Waals surface area contributed by atoms with E-state index in [2.05, 4.69) is 5.32 Å². The summed E-state index contributed by atoms with van der Waals surface area (Å²) in [4.78, 5) is 35.3. The van der Waals surface area contributed by atoms with Crippen molar-refractivity contribution in [3.63, 3.8) is 0 Å². The van der Waals surface area contributed by atoms with E-state index in [1.165, 1.54) is 11.8 Å². The molecule has 1 atom stereocenters. The number of carbonyl (C=O) groups excluding carboxylic acids is 2. The molecule has 0 saturated carbocycles. The molecular weight excluding hydrogens is 350 g/mol. The first-order valence-corrected chi connectivity index (χ1v) is 9.55. The maximum absolute atomic E-state index is 12.8. The Kier molecular flexibility index (Phi) is 6.97. The van der Waals surface area contributed by atoms with Gasteiger partial charge in [0.25, 0.3) is 5.91 Å². The minimum absolute atomic E-state index is 0.342. The summed E-state index contributed by atoms with van der Waals surface area (Å²) in [5.74, 6) is -0.894. The molecule has 1 unspecified atom stereocenters. The van der Waals surface area contributed by atoms with Gasteiger partial charge in [-0.25, -0.2) is 4.79 Å². The lowest BCUT2D eigenvalue weighted by Gasteiger charge is -2.17. The van der Waals surface area contributed by atoms with E-state index in [-0.39, 0.29) is 0 Å². The Hall–Kier alpha value is -2.60. The van der Waals surface area contributed by atoms with Gasteiger partial charge in [0, 0.05) is 11.1 Å². The van der Waals surface area contributed by atoms with Crippen LogP contribution in [0.1, 0.15) is 32.7 Å². The average molecular weight is 371 g/mol. The molecule has 6 heteroatoms. The standard InChI is InChI=1S/C20H21NO4S/c1-13-5-3-4-6-15(13)17-11-14(12-22)7-8-16(17)19(23)21-18(20(24)25)9-10-26-2/h3-8,11-12,18H,9-10H2,1-2H3,(H,21,23)(H,24,25). The predicted octanol–water partition coefficient (Wildman–Crippen LogP) is 3.41. The van der Waals surface area contributed by atoms with Crippen molar-refractivity contribution in [1.82, 2.24) is 5.32 Å². The molecule has 2 rings (SSSR count). The highest BCUT2D eigenvalue weighted by molar-refractivity contribution is 7.98. The SMILES string of the molecule is CSCCC(NC(=O)c1ccc(C=O)cc1-c1ccccc1C)C(=O)O. The number of aldehydes is 1. The molecule has 136 valence electrons. The third-order valence-electron chi connectivity index (χ3n) is 4.07. The number of thioether (sulfide) groups is 1. The number of aliphatic carboxylic acids is 1. The molecule has 0 fully saturated rings. The molecular formula is C20H21NO4S. The Morgan fingerprint density at radius 3 is 2.54 bits per heavy atom. The van der Waals surface area contributed by atoms with E-state index in [9.17, 15) is 19.5 Å². The highest BCUT2D eigenvalue weighted by Crippen LogP contribution is 2.28. The summed E-state index contributed by atoms with van der Waals surface area (Å²) in [5, 5.41) is 11.9. The van der Waals surface area contributed by atoms with Crippen LogP contribution in [-0.4, -0.2) is 41.3 Å². The molecule has 5 nitrogen and oxygen atoms in total. The molecule has 2 aromatic carbocycles. The van der Waals surface area contributed by atoms with Gasteiger partial charge in [-0.3, -0.25) is 9.59 Å². The van der Waals surface area contributed by atoms with Crippen LogP contribution in [0.3, 0.4) is 0 Å². The van der Waals surface area contributed by atoms with Crippen LogP contribution in [0.5, 0.6) is 0 Å². The Labute approximate surface area is 156 Å². The third kappa shape index (κ3) is 4.73. The predicted molar refractivity (Wildman–Crippen MR) is 104 cm³/mol. The lowest BCUT2D eigenvalue weighted by Crippen LogP contribution is -2.41. The zero-order chi connectivity index (χ0) is 19.1. The van der Waals surface area contributed by atoms with E-state index in [4.69, 9.17) is 0 Å². The molecule has 2 N–H and O–H groups in total. The van der Waals surface area contributed by atoms with Crippen molar-refractivity contribution >= 4 is 29.9 Å². The first-order valence-electron chi connectivity index (χ1n) is 8.15. The number of carboxylic acid groups (broad SMARTS) is 1. The topological polar surface area (TPSA) is 83.5 Å². The number of hydrogen-bond acceptors (Lipinski definition) is 4. The van der Waals surface area contributed by atoms with Crippen molar-refractivity contribution in [2.75, 3.05) is 12.0 Å². The van der Waals surface area contributed by atoms with Gasteiger partial charge in [-0.1, -0.05) is 30.3 Å². The Bertz CT molecular complexity index is 819. The summed E-state index contributed by atoms with van der Waals surface area (Å²) < 4.78 is 0. The van der Waals surface area contributed by atoms with Crippen LogP contribution in [0.25, 0.3) is 11.1 Å². The zero-order valence-electron chi connectivity index (χ0n) is 14.7. The molecule has 26 heavy (non-hydrogen) atoms. The fourth-order valence-corrected chi connectivity index (χ4v) is 3.13. The van der Waals surface area contributed by atoms with Crippen molar-refractivity contribution in [3.8, 4) is 11.1 Å². The fraction of sp³-hybridized carbons (Fsp3) is 0.250. The third-order valence-corrected chi connectivity index (χ3v) is 4.72. The summed E-state index contributed by atoms with van der Waals surface area (Å²) in [5.41, 5.74) is 3.20. The van der Waals surface area contributed by atoms with Crippen LogP contribution in [-0.2, 0) is 4.79 Å². The van der Waals surface area contributed by atoms with Crippen LogP contribution in [0.2, 0.25) is 0 Å². The molecule has 0 spiro atoms. The quantitative estimate of drug-likeness (QED) is 0.695. The Morgan fingerprint density at radius 1 is 1.19 bits per heavy atom. The van der Waals surface area contributed by atoms with Crippen LogP contribution in [0.15, 0.2) is 42.5 Å². The van der Waals surface area contributed by atoms with Gasteiger partial charge in [0.15, 0.2) is 0 Å². The minimum Gasteiger partial charge on any atom is -0.480 e. The second-order valence-electron chi connectivity index (χ2n) is 5.88. The maximum atomic E-state index is 12.8. The fourth-order valence-electron chi connectivity index (χ4n) is 2.66. The van der Waals surface area contributed by atoms with Gasteiger partial charge in [-0.05, 0) is 54.2 Å². The normalized spacial score (nSPS) is 11.6. The van der Waals surface area contributed by atoms with E-state index in [0.717, 1.165) is 17.4 Å². The first kappa shape index (κ1) is 19.7. The second-order valence-corrected chi connectivity index (χ2v) is 6.87. The highest BCUT2D eigenvalue weighted by Gasteiger charge is 2.22. The van der Waals surface area contributed by atoms with Crippen LogP contribution in [0.4, 0.5) is 0 Å². The van der Waals surface area contributed by atoms with Gasteiger partial charge < -0.3 is 10.4 Å². The summed E-state index contributed by atoms with van der Waals surface area (Å²) >= 11 is 1.52. The molecule has 1 amide bonds. The Morgan fingerprint density at radius 2 is 1.92 bits per heavy atom. The van der Waals surface area contributed by atoms with Gasteiger partial charge in [-0.2, -0.15) is 11.8 Å². The average Bonchev–Trinajstić information content (AvgIpc) is 2.64. The summed E-state index contributed by atoms with van der Waals surface area (Å²) in [7, 11) is 0. The van der Waals surface area contributed by atoms with Gasteiger partial charge in [-0.15, -0.1) is 0 Å². The van der Waals surface area contributed by atoms with Crippen LogP contribution >= 0.6 is 11.8 Å². The molecule has 0 heterocycles. The molecule has 0 aromatic heterocycles. The molecule has 0 aliphatic carbocycles. The number of nitrogens with one attached hydrogen (secondary N) is 1. The summed E-state index contributed by atoms with van der Waals surface area (Å²) in [6.45, 7) is 1.92. The smallest absolute Gasteiger partial charge is 0.326 e. The second kappa shape index (κ2) is 9.20. The Balaban J connectivity index is 2.42. The van der Waals surface area contributed by atoms with E-state index in [1.807, 2.05) is 37.4 Å². The number of benzene rings is 2.